The first-order valence-corrected chi connectivity index (χ1v) is 10.3. The maximum Gasteiger partial charge on any atom is 0.335 e. The van der Waals surface area contributed by atoms with Crippen molar-refractivity contribution in [1.29, 1.82) is 0 Å². The van der Waals surface area contributed by atoms with Crippen LogP contribution in [0.5, 0.6) is 0 Å². The van der Waals surface area contributed by atoms with Gasteiger partial charge < -0.3 is 10.4 Å². The van der Waals surface area contributed by atoms with Crippen LogP contribution < -0.4 is 15.8 Å². The van der Waals surface area contributed by atoms with Gasteiger partial charge in [-0.1, -0.05) is 30.3 Å². The first-order chi connectivity index (χ1) is 13.6. The van der Waals surface area contributed by atoms with Gasteiger partial charge in [-0.3, -0.25) is 0 Å². The van der Waals surface area contributed by atoms with Gasteiger partial charge in [-0.25, -0.2) is 37.4 Å². The average Bonchev–Trinajstić information content (AvgIpc) is 3.08. The summed E-state index contributed by atoms with van der Waals surface area (Å²) in [6, 6.07) is 11.6. The van der Waals surface area contributed by atoms with Crippen LogP contribution in [0.3, 0.4) is 0 Å². The van der Waals surface area contributed by atoms with Crippen molar-refractivity contribution in [2.45, 2.75) is 23.4 Å². The van der Waals surface area contributed by atoms with E-state index in [2.05, 4.69) is 15.7 Å². The highest BCUT2D eigenvalue weighted by Crippen LogP contribution is 2.30. The number of hydrazine groups is 1. The second-order valence-corrected chi connectivity index (χ2v) is 8.43. The number of rotatable bonds is 7. The van der Waals surface area contributed by atoms with Crippen LogP contribution in [0.15, 0.2) is 65.5 Å². The van der Waals surface area contributed by atoms with E-state index >= 15 is 0 Å². The van der Waals surface area contributed by atoms with E-state index in [1.54, 1.807) is 0 Å². The van der Waals surface area contributed by atoms with E-state index in [9.17, 15) is 27.1 Å². The molecule has 8 nitrogen and oxygen atoms in total. The summed E-state index contributed by atoms with van der Waals surface area (Å²) in [5.41, 5.74) is 0.470. The number of pyridine rings is 1. The fourth-order valence-electron chi connectivity index (χ4n) is 2.70. The number of benzene rings is 1. The molecule has 2 heterocycles. The molecule has 1 aromatic heterocycles. The molecule has 2 aromatic rings. The second-order valence-electron chi connectivity index (χ2n) is 6.42. The van der Waals surface area contributed by atoms with Gasteiger partial charge in [0.2, 0.25) is 5.54 Å². The molecule has 1 aromatic carbocycles. The fourth-order valence-corrected chi connectivity index (χ4v) is 3.26. The van der Waals surface area contributed by atoms with Crippen molar-refractivity contribution in [1.82, 2.24) is 15.7 Å². The highest BCUT2D eigenvalue weighted by molar-refractivity contribution is 7.90. The number of anilines is 1. The first kappa shape index (κ1) is 20.7. The Hall–Kier alpha value is -3.05. The van der Waals surface area contributed by atoms with Crippen molar-refractivity contribution in [2.75, 3.05) is 11.3 Å². The van der Waals surface area contributed by atoms with Crippen molar-refractivity contribution in [3.8, 4) is 0 Å². The minimum absolute atomic E-state index is 0.0491. The summed E-state index contributed by atoms with van der Waals surface area (Å²) < 4.78 is 50.5. The first-order valence-electron chi connectivity index (χ1n) is 8.40. The summed E-state index contributed by atoms with van der Waals surface area (Å²) in [6.45, 7) is 0.241. The molecule has 29 heavy (non-hydrogen) atoms. The molecule has 154 valence electrons. The Balaban J connectivity index is 1.95. The number of carboxylic acids is 1. The van der Waals surface area contributed by atoms with Crippen LogP contribution in [-0.2, 0) is 21.2 Å². The van der Waals surface area contributed by atoms with Gasteiger partial charge in [0.15, 0.2) is 9.84 Å². The summed E-state index contributed by atoms with van der Waals surface area (Å²) >= 11 is 0. The van der Waals surface area contributed by atoms with Crippen LogP contribution >= 0.6 is 0 Å². The Kier molecular flexibility index (Phi) is 5.53. The van der Waals surface area contributed by atoms with E-state index < -0.39 is 27.8 Å². The van der Waals surface area contributed by atoms with Crippen LogP contribution in [0.25, 0.3) is 0 Å². The minimum atomic E-state index is -3.50. The summed E-state index contributed by atoms with van der Waals surface area (Å²) in [5, 5.41) is 13.4. The number of hydrogen-bond donors (Lipinski definition) is 3. The normalized spacial score (nSPS) is 19.3. The largest absolute Gasteiger partial charge is 0.479 e. The molecule has 11 heteroatoms. The maximum absolute atomic E-state index is 13.6. The zero-order valence-corrected chi connectivity index (χ0v) is 16.0. The number of alkyl halides is 2. The maximum atomic E-state index is 13.6. The van der Waals surface area contributed by atoms with Crippen LogP contribution in [0.1, 0.15) is 5.56 Å². The highest BCUT2D eigenvalue weighted by Gasteiger charge is 2.52. The standard InChI is InChI=1S/C18H18F2N4O4S/c1-29(27,28)13-7-8-14(22-11-13)24-15(21-10-12-5-3-2-4-6-12)9-18(23-24,16(19)20)17(25)26/h2-9,11,16,21,23H,10H2,1H3,(H,25,26). The lowest BCUT2D eigenvalue weighted by Gasteiger charge is -2.27. The molecule has 0 aliphatic carbocycles. The molecule has 0 amide bonds. The van der Waals surface area contributed by atoms with E-state index in [1.807, 2.05) is 30.3 Å². The third kappa shape index (κ3) is 4.20. The molecular formula is C18H18F2N4O4S. The Morgan fingerprint density at radius 2 is 1.97 bits per heavy atom. The lowest BCUT2D eigenvalue weighted by Crippen LogP contribution is -2.58. The van der Waals surface area contributed by atoms with Gasteiger partial charge in [0.05, 0.1) is 4.90 Å². The third-order valence-electron chi connectivity index (χ3n) is 4.29. The molecule has 1 aliphatic heterocycles. The third-order valence-corrected chi connectivity index (χ3v) is 5.39. The van der Waals surface area contributed by atoms with Gasteiger partial charge in [-0.15, -0.1) is 0 Å². The number of nitrogens with one attached hydrogen (secondary N) is 2. The van der Waals surface area contributed by atoms with Gasteiger partial charge >= 0.3 is 5.97 Å². The van der Waals surface area contributed by atoms with E-state index in [4.69, 9.17) is 0 Å². The van der Waals surface area contributed by atoms with Crippen LogP contribution in [0.2, 0.25) is 0 Å². The van der Waals surface area contributed by atoms with E-state index in [0.29, 0.717) is 0 Å². The van der Waals surface area contributed by atoms with Crippen molar-refractivity contribution in [3.63, 3.8) is 0 Å². The minimum Gasteiger partial charge on any atom is -0.479 e. The molecular weight excluding hydrogens is 406 g/mol. The SMILES string of the molecule is CS(=O)(=O)c1ccc(N2NC(C(=O)O)(C(F)F)C=C2NCc2ccccc2)nc1. The molecule has 1 unspecified atom stereocenters. The highest BCUT2D eigenvalue weighted by atomic mass is 32.2. The number of aliphatic carboxylic acids is 1. The number of hydrogen-bond acceptors (Lipinski definition) is 7. The van der Waals surface area contributed by atoms with Gasteiger partial charge in [0, 0.05) is 19.0 Å². The summed E-state index contributed by atoms with van der Waals surface area (Å²) in [4.78, 5) is 15.5. The molecule has 1 atom stereocenters. The molecule has 0 spiro atoms. The van der Waals surface area contributed by atoms with Crippen LogP contribution in [-0.4, -0.2) is 42.7 Å². The fraction of sp³-hybridized carbons (Fsp3) is 0.222. The van der Waals surface area contributed by atoms with E-state index in [1.165, 1.54) is 12.1 Å². The van der Waals surface area contributed by atoms with Crippen molar-refractivity contribution >= 4 is 21.6 Å². The Bertz CT molecular complexity index is 1030. The number of carboxylic acid groups (broad SMARTS) is 1. The molecule has 0 bridgehead atoms. The van der Waals surface area contributed by atoms with Crippen molar-refractivity contribution in [3.05, 3.63) is 66.1 Å². The summed E-state index contributed by atoms with van der Waals surface area (Å²) in [6.07, 6.45) is -0.287. The van der Waals surface area contributed by atoms with Crippen LogP contribution in [0, 0.1) is 0 Å². The zero-order valence-electron chi connectivity index (χ0n) is 15.2. The summed E-state index contributed by atoms with van der Waals surface area (Å²) in [5.74, 6) is -1.66. The van der Waals surface area contributed by atoms with Gasteiger partial charge in [0.25, 0.3) is 6.43 Å². The van der Waals surface area contributed by atoms with Crippen LogP contribution in [0.4, 0.5) is 14.6 Å². The van der Waals surface area contributed by atoms with Gasteiger partial charge in [-0.2, -0.15) is 0 Å². The molecule has 0 saturated carbocycles. The predicted octanol–water partition coefficient (Wildman–Crippen LogP) is 1.53. The molecule has 3 rings (SSSR count). The predicted molar refractivity (Wildman–Crippen MR) is 101 cm³/mol. The monoisotopic (exact) mass is 424 g/mol. The topological polar surface area (TPSA) is 112 Å². The Morgan fingerprint density at radius 1 is 1.28 bits per heavy atom. The number of carbonyl (C=O) groups is 1. The molecule has 3 N–H and O–H groups in total. The quantitative estimate of drug-likeness (QED) is 0.614. The van der Waals surface area contributed by atoms with E-state index in [0.717, 1.165) is 29.1 Å². The number of halogens is 2. The number of sulfone groups is 1. The van der Waals surface area contributed by atoms with Crippen molar-refractivity contribution < 1.29 is 27.1 Å². The number of aromatic nitrogens is 1. The lowest BCUT2D eigenvalue weighted by atomic mass is 10.0. The molecule has 0 radical (unpaired) electrons. The smallest absolute Gasteiger partial charge is 0.335 e. The van der Waals surface area contributed by atoms with Gasteiger partial charge in [0.1, 0.15) is 11.6 Å². The summed E-state index contributed by atoms with van der Waals surface area (Å²) in [7, 11) is -3.50. The lowest BCUT2D eigenvalue weighted by molar-refractivity contribution is -0.148. The van der Waals surface area contributed by atoms with Crippen molar-refractivity contribution in [2.24, 2.45) is 0 Å². The van der Waals surface area contributed by atoms with E-state index in [-0.39, 0.29) is 23.1 Å². The number of nitrogens with zero attached hydrogens (tertiary/aromatic N) is 2. The Morgan fingerprint density at radius 3 is 2.48 bits per heavy atom. The molecule has 0 fully saturated rings. The zero-order chi connectivity index (χ0) is 21.2. The average molecular weight is 424 g/mol. The Labute approximate surface area is 165 Å². The molecule has 1 aliphatic rings. The van der Waals surface area contributed by atoms with Gasteiger partial charge in [-0.05, 0) is 23.8 Å². The molecule has 0 saturated heterocycles. The second kappa shape index (κ2) is 7.76.